The summed E-state index contributed by atoms with van der Waals surface area (Å²) in [7, 11) is -2.30. The van der Waals surface area contributed by atoms with Crippen molar-refractivity contribution < 1.29 is 22.7 Å². The summed E-state index contributed by atoms with van der Waals surface area (Å²) in [6.07, 6.45) is 7.91. The predicted molar refractivity (Wildman–Crippen MR) is 125 cm³/mol. The Morgan fingerprint density at radius 3 is 2.31 bits per heavy atom. The molecule has 1 fully saturated rings. The van der Waals surface area contributed by atoms with Gasteiger partial charge in [0.2, 0.25) is 0 Å². The van der Waals surface area contributed by atoms with Crippen LogP contribution < -0.4 is 19.5 Å². The molecule has 1 aliphatic carbocycles. The number of hydrogen-bond acceptors (Lipinski definition) is 5. The molecule has 0 aliphatic heterocycles. The molecule has 1 amide bonds. The third-order valence-corrected chi connectivity index (χ3v) is 7.06. The Kier molecular flexibility index (Phi) is 8.64. The largest absolute Gasteiger partial charge is 0.497 e. The number of rotatable bonds is 8. The van der Waals surface area contributed by atoms with E-state index in [1.54, 1.807) is 24.3 Å². The highest BCUT2D eigenvalue weighted by atomic mass is 35.5. The fourth-order valence-electron chi connectivity index (χ4n) is 3.65. The quantitative estimate of drug-likeness (QED) is 0.568. The SMILES string of the molecule is COc1ccc(NS(=O)(=O)c2ccc(OCC(=O)NC3CCCCCCC3)c(Cl)c2)cc1. The Hall–Kier alpha value is -2.45. The van der Waals surface area contributed by atoms with Crippen molar-refractivity contribution >= 4 is 33.2 Å². The first-order chi connectivity index (χ1) is 15.4. The van der Waals surface area contributed by atoms with Crippen LogP contribution in [0.5, 0.6) is 11.5 Å². The summed E-state index contributed by atoms with van der Waals surface area (Å²) in [5.41, 5.74) is 0.396. The molecule has 1 aliphatic rings. The number of ether oxygens (including phenoxy) is 2. The first kappa shape index (κ1) is 24.2. The molecule has 0 saturated heterocycles. The molecule has 0 bridgehead atoms. The molecule has 2 aromatic carbocycles. The van der Waals surface area contributed by atoms with Crippen molar-refractivity contribution in [3.05, 3.63) is 47.5 Å². The van der Waals surface area contributed by atoms with Crippen LogP contribution >= 0.6 is 11.6 Å². The molecular formula is C23H29ClN2O5S. The molecule has 3 rings (SSSR count). The molecule has 32 heavy (non-hydrogen) atoms. The van der Waals surface area contributed by atoms with Gasteiger partial charge in [-0.05, 0) is 55.3 Å². The lowest BCUT2D eigenvalue weighted by Gasteiger charge is -2.21. The Balaban J connectivity index is 1.57. The zero-order valence-electron chi connectivity index (χ0n) is 18.1. The Labute approximate surface area is 194 Å². The molecule has 2 aromatic rings. The summed E-state index contributed by atoms with van der Waals surface area (Å²) in [6, 6.07) is 10.8. The van der Waals surface area contributed by atoms with Crippen LogP contribution in [0.25, 0.3) is 0 Å². The van der Waals surface area contributed by atoms with E-state index in [1.807, 2.05) is 0 Å². The van der Waals surface area contributed by atoms with Crippen LogP contribution in [0.2, 0.25) is 5.02 Å². The minimum absolute atomic E-state index is 0.00959. The Bertz CT molecular complexity index is 1000. The van der Waals surface area contributed by atoms with Gasteiger partial charge >= 0.3 is 0 Å². The highest BCUT2D eigenvalue weighted by molar-refractivity contribution is 7.92. The number of methoxy groups -OCH3 is 1. The first-order valence-corrected chi connectivity index (χ1v) is 12.6. The smallest absolute Gasteiger partial charge is 0.261 e. The highest BCUT2D eigenvalue weighted by Gasteiger charge is 2.18. The molecule has 0 spiro atoms. The van der Waals surface area contributed by atoms with E-state index < -0.39 is 10.0 Å². The third kappa shape index (κ3) is 7.03. The maximum absolute atomic E-state index is 12.7. The number of nitrogens with one attached hydrogen (secondary N) is 2. The van der Waals surface area contributed by atoms with Gasteiger partial charge in [-0.2, -0.15) is 0 Å². The van der Waals surface area contributed by atoms with Gasteiger partial charge in [-0.25, -0.2) is 8.42 Å². The van der Waals surface area contributed by atoms with E-state index in [1.165, 1.54) is 44.6 Å². The van der Waals surface area contributed by atoms with E-state index in [0.717, 1.165) is 25.7 Å². The van der Waals surface area contributed by atoms with Crippen molar-refractivity contribution in [3.8, 4) is 11.5 Å². The topological polar surface area (TPSA) is 93.7 Å². The number of hydrogen-bond donors (Lipinski definition) is 2. The van der Waals surface area contributed by atoms with Crippen LogP contribution in [-0.4, -0.2) is 34.1 Å². The molecule has 0 aromatic heterocycles. The second-order valence-corrected chi connectivity index (χ2v) is 9.91. The fraction of sp³-hybridized carbons (Fsp3) is 0.435. The lowest BCUT2D eigenvalue weighted by molar-refractivity contribution is -0.123. The molecular weight excluding hydrogens is 452 g/mol. The highest BCUT2D eigenvalue weighted by Crippen LogP contribution is 2.28. The van der Waals surface area contributed by atoms with Gasteiger partial charge in [0.25, 0.3) is 15.9 Å². The molecule has 0 unspecified atom stereocenters. The molecule has 0 radical (unpaired) electrons. The number of carbonyl (C=O) groups is 1. The molecule has 174 valence electrons. The standard InChI is InChI=1S/C23H29ClN2O5S/c1-30-19-11-9-18(10-12-19)26-32(28,29)20-13-14-22(21(24)15-20)31-16-23(27)25-17-7-5-3-2-4-6-8-17/h9-15,17,26H,2-8,16H2,1H3,(H,25,27). The van der Waals surface area contributed by atoms with E-state index in [4.69, 9.17) is 21.1 Å². The lowest BCUT2D eigenvalue weighted by atomic mass is 9.97. The van der Waals surface area contributed by atoms with E-state index >= 15 is 0 Å². The Morgan fingerprint density at radius 2 is 1.69 bits per heavy atom. The van der Waals surface area contributed by atoms with Crippen LogP contribution in [0.1, 0.15) is 44.9 Å². The number of anilines is 1. The average Bonchev–Trinajstić information content (AvgIpc) is 2.75. The van der Waals surface area contributed by atoms with E-state index in [9.17, 15) is 13.2 Å². The number of sulfonamides is 1. The van der Waals surface area contributed by atoms with Crippen LogP contribution in [0, 0.1) is 0 Å². The van der Waals surface area contributed by atoms with Gasteiger partial charge < -0.3 is 14.8 Å². The van der Waals surface area contributed by atoms with Crippen molar-refractivity contribution in [2.75, 3.05) is 18.4 Å². The van der Waals surface area contributed by atoms with Gasteiger partial charge in [-0.3, -0.25) is 9.52 Å². The summed E-state index contributed by atoms with van der Waals surface area (Å²) in [5, 5.41) is 3.14. The van der Waals surface area contributed by atoms with Crippen molar-refractivity contribution in [2.45, 2.75) is 55.9 Å². The van der Waals surface area contributed by atoms with Gasteiger partial charge in [-0.15, -0.1) is 0 Å². The van der Waals surface area contributed by atoms with Crippen LogP contribution in [-0.2, 0) is 14.8 Å². The van der Waals surface area contributed by atoms with Gasteiger partial charge in [0.15, 0.2) is 6.61 Å². The summed E-state index contributed by atoms with van der Waals surface area (Å²) in [6.45, 7) is -0.174. The van der Waals surface area contributed by atoms with Crippen molar-refractivity contribution in [1.29, 1.82) is 0 Å². The molecule has 2 N–H and O–H groups in total. The predicted octanol–water partition coefficient (Wildman–Crippen LogP) is 4.76. The van der Waals surface area contributed by atoms with Gasteiger partial charge in [0.05, 0.1) is 17.0 Å². The number of amides is 1. The number of carbonyl (C=O) groups excluding carboxylic acids is 1. The summed E-state index contributed by atoms with van der Waals surface area (Å²) >= 11 is 6.23. The van der Waals surface area contributed by atoms with Gasteiger partial charge in [0.1, 0.15) is 11.5 Å². The average molecular weight is 481 g/mol. The van der Waals surface area contributed by atoms with Crippen LogP contribution in [0.15, 0.2) is 47.4 Å². The van der Waals surface area contributed by atoms with E-state index in [2.05, 4.69) is 10.0 Å². The molecule has 0 atom stereocenters. The second-order valence-electron chi connectivity index (χ2n) is 7.82. The molecule has 7 nitrogen and oxygen atoms in total. The maximum atomic E-state index is 12.7. The van der Waals surface area contributed by atoms with Crippen molar-refractivity contribution in [3.63, 3.8) is 0 Å². The fourth-order valence-corrected chi connectivity index (χ4v) is 5.04. The van der Waals surface area contributed by atoms with Gasteiger partial charge in [0, 0.05) is 11.7 Å². The third-order valence-electron chi connectivity index (χ3n) is 5.38. The zero-order chi connectivity index (χ0) is 23.0. The Morgan fingerprint density at radius 1 is 1.03 bits per heavy atom. The van der Waals surface area contributed by atoms with Crippen molar-refractivity contribution in [2.24, 2.45) is 0 Å². The molecule has 0 heterocycles. The summed E-state index contributed by atoms with van der Waals surface area (Å²) in [4.78, 5) is 12.3. The molecule has 9 heteroatoms. The number of benzene rings is 2. The van der Waals surface area contributed by atoms with E-state index in [-0.39, 0.29) is 34.2 Å². The van der Waals surface area contributed by atoms with Gasteiger partial charge in [-0.1, -0.05) is 43.7 Å². The second kappa shape index (κ2) is 11.4. The van der Waals surface area contributed by atoms with E-state index in [0.29, 0.717) is 11.4 Å². The lowest BCUT2D eigenvalue weighted by Crippen LogP contribution is -2.38. The maximum Gasteiger partial charge on any atom is 0.261 e. The van der Waals surface area contributed by atoms with Crippen molar-refractivity contribution in [1.82, 2.24) is 5.32 Å². The van der Waals surface area contributed by atoms with Crippen LogP contribution in [0.4, 0.5) is 5.69 Å². The molecule has 1 saturated carbocycles. The first-order valence-electron chi connectivity index (χ1n) is 10.8. The normalized spacial score (nSPS) is 15.3. The number of halogens is 1. The van der Waals surface area contributed by atoms with Crippen LogP contribution in [0.3, 0.4) is 0 Å². The monoisotopic (exact) mass is 480 g/mol. The zero-order valence-corrected chi connectivity index (χ0v) is 19.7. The minimum atomic E-state index is -3.84. The summed E-state index contributed by atoms with van der Waals surface area (Å²) in [5.74, 6) is 0.670. The summed E-state index contributed by atoms with van der Waals surface area (Å²) < 4.78 is 38.4. The minimum Gasteiger partial charge on any atom is -0.497 e.